The molecule has 0 atom stereocenters. The fourth-order valence-corrected chi connectivity index (χ4v) is 3.12. The molecule has 0 aliphatic carbocycles. The number of hydrogen-bond donors (Lipinski definition) is 1. The van der Waals surface area contributed by atoms with Crippen LogP contribution in [0.4, 0.5) is 5.69 Å². The zero-order valence-electron chi connectivity index (χ0n) is 14.1. The monoisotopic (exact) mass is 403 g/mol. The molecule has 0 aliphatic rings. The first-order valence-electron chi connectivity index (χ1n) is 8.48. The maximum atomic E-state index is 4.85. The molecule has 4 aromatic rings. The Morgan fingerprint density at radius 3 is 2.15 bits per heavy atom. The van der Waals surface area contributed by atoms with Gasteiger partial charge in [-0.1, -0.05) is 64.5 Å². The number of hydrogen-bond acceptors (Lipinski definition) is 2. The van der Waals surface area contributed by atoms with E-state index < -0.39 is 0 Å². The molecule has 3 nitrogen and oxygen atoms in total. The number of anilines is 1. The van der Waals surface area contributed by atoms with Crippen LogP contribution in [0.15, 0.2) is 95.6 Å². The average molecular weight is 404 g/mol. The van der Waals surface area contributed by atoms with Crippen molar-refractivity contribution in [3.8, 4) is 16.9 Å². The Balaban J connectivity index is 1.67. The van der Waals surface area contributed by atoms with E-state index in [0.717, 1.165) is 32.7 Å². The molecule has 3 aromatic carbocycles. The molecule has 4 rings (SSSR count). The van der Waals surface area contributed by atoms with Gasteiger partial charge in [0.1, 0.15) is 0 Å². The van der Waals surface area contributed by atoms with Crippen molar-refractivity contribution in [1.82, 2.24) is 9.78 Å². The van der Waals surface area contributed by atoms with Crippen molar-refractivity contribution in [2.75, 3.05) is 5.32 Å². The number of halogens is 1. The number of benzene rings is 3. The van der Waals surface area contributed by atoms with Crippen LogP contribution in [-0.4, -0.2) is 9.78 Å². The predicted octanol–water partition coefficient (Wildman–Crippen LogP) is 5.91. The van der Waals surface area contributed by atoms with Crippen LogP contribution in [0.25, 0.3) is 16.9 Å². The lowest BCUT2D eigenvalue weighted by Crippen LogP contribution is -1.99. The van der Waals surface area contributed by atoms with Crippen LogP contribution in [0.2, 0.25) is 0 Å². The van der Waals surface area contributed by atoms with Gasteiger partial charge in [-0.15, -0.1) is 0 Å². The summed E-state index contributed by atoms with van der Waals surface area (Å²) in [6.45, 7) is 0.707. The molecule has 1 N–H and O–H groups in total. The van der Waals surface area contributed by atoms with Gasteiger partial charge in [-0.25, -0.2) is 4.68 Å². The van der Waals surface area contributed by atoms with Crippen molar-refractivity contribution in [3.63, 3.8) is 0 Å². The van der Waals surface area contributed by atoms with Gasteiger partial charge in [-0.05, 0) is 36.4 Å². The lowest BCUT2D eigenvalue weighted by Gasteiger charge is -2.07. The van der Waals surface area contributed by atoms with Gasteiger partial charge in [-0.2, -0.15) is 5.10 Å². The summed E-state index contributed by atoms with van der Waals surface area (Å²) in [5.74, 6) is 0. The summed E-state index contributed by atoms with van der Waals surface area (Å²) in [5.41, 5.74) is 5.41. The smallest absolute Gasteiger partial charge is 0.0977 e. The van der Waals surface area contributed by atoms with Crippen LogP contribution in [-0.2, 0) is 6.54 Å². The van der Waals surface area contributed by atoms with Crippen LogP contribution in [0, 0.1) is 0 Å². The summed E-state index contributed by atoms with van der Waals surface area (Å²) in [6.07, 6.45) is 2.10. The van der Waals surface area contributed by atoms with Gasteiger partial charge >= 0.3 is 0 Å². The molecule has 0 unspecified atom stereocenters. The van der Waals surface area contributed by atoms with Crippen LogP contribution >= 0.6 is 15.9 Å². The van der Waals surface area contributed by atoms with Crippen LogP contribution in [0.5, 0.6) is 0 Å². The molecule has 0 aliphatic heterocycles. The second kappa shape index (κ2) is 7.58. The molecule has 0 saturated heterocycles. The molecule has 0 saturated carbocycles. The summed E-state index contributed by atoms with van der Waals surface area (Å²) in [5, 5.41) is 8.34. The molecule has 0 radical (unpaired) electrons. The van der Waals surface area contributed by atoms with Crippen molar-refractivity contribution >= 4 is 21.6 Å². The highest BCUT2D eigenvalue weighted by atomic mass is 79.9. The van der Waals surface area contributed by atoms with E-state index in [1.165, 1.54) is 0 Å². The summed E-state index contributed by atoms with van der Waals surface area (Å²) in [6, 6.07) is 28.7. The molecule has 128 valence electrons. The Morgan fingerprint density at radius 1 is 0.808 bits per heavy atom. The molecule has 0 bridgehead atoms. The first-order valence-corrected chi connectivity index (χ1v) is 9.28. The predicted molar refractivity (Wildman–Crippen MR) is 110 cm³/mol. The first-order chi connectivity index (χ1) is 12.8. The van der Waals surface area contributed by atoms with Crippen LogP contribution in [0.3, 0.4) is 0 Å². The van der Waals surface area contributed by atoms with E-state index in [2.05, 4.69) is 63.8 Å². The topological polar surface area (TPSA) is 29.9 Å². The number of nitrogens with one attached hydrogen (secondary N) is 1. The summed E-state index contributed by atoms with van der Waals surface area (Å²) < 4.78 is 3.02. The first kappa shape index (κ1) is 16.6. The van der Waals surface area contributed by atoms with Gasteiger partial charge in [-0.3, -0.25) is 0 Å². The lowest BCUT2D eigenvalue weighted by atomic mass is 10.1. The van der Waals surface area contributed by atoms with Gasteiger partial charge in [0, 0.05) is 34.0 Å². The molecule has 4 heteroatoms. The Morgan fingerprint density at radius 2 is 1.46 bits per heavy atom. The lowest BCUT2D eigenvalue weighted by molar-refractivity contribution is 0.883. The van der Waals surface area contributed by atoms with E-state index in [-0.39, 0.29) is 0 Å². The standard InChI is InChI=1S/C22H18BrN3/c23-19-11-13-20(14-12-19)24-15-18-16-26(21-9-5-2-6-10-21)25-22(18)17-7-3-1-4-8-17/h1-14,16,24H,15H2. The summed E-state index contributed by atoms with van der Waals surface area (Å²) in [4.78, 5) is 0. The minimum absolute atomic E-state index is 0.707. The van der Waals surface area contributed by atoms with Crippen molar-refractivity contribution < 1.29 is 0 Å². The third kappa shape index (κ3) is 3.70. The van der Waals surface area contributed by atoms with E-state index in [4.69, 9.17) is 5.10 Å². The number of nitrogens with zero attached hydrogens (tertiary/aromatic N) is 2. The highest BCUT2D eigenvalue weighted by molar-refractivity contribution is 9.10. The van der Waals surface area contributed by atoms with Gasteiger partial charge in [0.15, 0.2) is 0 Å². The summed E-state index contributed by atoms with van der Waals surface area (Å²) in [7, 11) is 0. The van der Waals surface area contributed by atoms with E-state index in [0.29, 0.717) is 6.54 Å². The number of rotatable bonds is 5. The maximum absolute atomic E-state index is 4.85. The normalized spacial score (nSPS) is 10.7. The average Bonchev–Trinajstić information content (AvgIpc) is 3.13. The van der Waals surface area contributed by atoms with Gasteiger partial charge in [0.2, 0.25) is 0 Å². The summed E-state index contributed by atoms with van der Waals surface area (Å²) >= 11 is 3.47. The third-order valence-electron chi connectivity index (χ3n) is 4.19. The minimum Gasteiger partial charge on any atom is -0.381 e. The molecule has 0 fully saturated rings. The largest absolute Gasteiger partial charge is 0.381 e. The van der Waals surface area contributed by atoms with Crippen molar-refractivity contribution in [1.29, 1.82) is 0 Å². The van der Waals surface area contributed by atoms with Crippen LogP contribution in [0.1, 0.15) is 5.56 Å². The minimum atomic E-state index is 0.707. The second-order valence-corrected chi connectivity index (χ2v) is 6.93. The molecule has 1 heterocycles. The Bertz CT molecular complexity index is 977. The molecule has 1 aromatic heterocycles. The quantitative estimate of drug-likeness (QED) is 0.448. The van der Waals surface area contributed by atoms with E-state index in [1.54, 1.807) is 0 Å². The zero-order chi connectivity index (χ0) is 17.8. The molecular weight excluding hydrogens is 386 g/mol. The van der Waals surface area contributed by atoms with Gasteiger partial charge < -0.3 is 5.32 Å². The molecular formula is C22H18BrN3. The second-order valence-electron chi connectivity index (χ2n) is 6.01. The fourth-order valence-electron chi connectivity index (χ4n) is 2.86. The van der Waals surface area contributed by atoms with Crippen molar-refractivity contribution in [3.05, 3.63) is 101 Å². The number of aromatic nitrogens is 2. The highest BCUT2D eigenvalue weighted by Gasteiger charge is 2.12. The van der Waals surface area contributed by atoms with Crippen molar-refractivity contribution in [2.45, 2.75) is 6.54 Å². The third-order valence-corrected chi connectivity index (χ3v) is 4.71. The molecule has 0 amide bonds. The zero-order valence-corrected chi connectivity index (χ0v) is 15.7. The van der Waals surface area contributed by atoms with E-state index in [9.17, 15) is 0 Å². The van der Waals surface area contributed by atoms with Crippen molar-refractivity contribution in [2.24, 2.45) is 0 Å². The molecule has 0 spiro atoms. The SMILES string of the molecule is Brc1ccc(NCc2cn(-c3ccccc3)nc2-c2ccccc2)cc1. The van der Waals surface area contributed by atoms with E-state index in [1.807, 2.05) is 53.2 Å². The molecule has 26 heavy (non-hydrogen) atoms. The van der Waals surface area contributed by atoms with E-state index >= 15 is 0 Å². The fraction of sp³-hybridized carbons (Fsp3) is 0.0455. The van der Waals surface area contributed by atoms with Gasteiger partial charge in [0.05, 0.1) is 11.4 Å². The van der Waals surface area contributed by atoms with Gasteiger partial charge in [0.25, 0.3) is 0 Å². The Labute approximate surface area is 161 Å². The Kier molecular flexibility index (Phi) is 4.84. The van der Waals surface area contributed by atoms with Crippen LogP contribution < -0.4 is 5.32 Å². The maximum Gasteiger partial charge on any atom is 0.0977 e. The number of para-hydroxylation sites is 1. The highest BCUT2D eigenvalue weighted by Crippen LogP contribution is 2.25. The Hall–Kier alpha value is -2.85.